The lowest BCUT2D eigenvalue weighted by Crippen LogP contribution is -2.39. The molecule has 0 aromatic heterocycles. The van der Waals surface area contributed by atoms with Crippen LogP contribution in [-0.4, -0.2) is 28.8 Å². The second kappa shape index (κ2) is 8.20. The van der Waals surface area contributed by atoms with E-state index < -0.39 is 0 Å². The topological polar surface area (TPSA) is 69.6 Å². The van der Waals surface area contributed by atoms with E-state index >= 15 is 0 Å². The Morgan fingerprint density at radius 2 is 1.68 bits per heavy atom. The minimum Gasteiger partial charge on any atom is -0.508 e. The third-order valence-corrected chi connectivity index (χ3v) is 3.49. The van der Waals surface area contributed by atoms with Crippen LogP contribution in [-0.2, 0) is 17.6 Å². The molecule has 0 aliphatic heterocycles. The van der Waals surface area contributed by atoms with E-state index in [1.165, 1.54) is 0 Å². The Bertz CT molecular complexity index is 581. The molecule has 0 aliphatic carbocycles. The van der Waals surface area contributed by atoms with Crippen LogP contribution in [0.1, 0.15) is 17.5 Å². The molecular formula is C18H21NO3. The van der Waals surface area contributed by atoms with Gasteiger partial charge in [0.2, 0.25) is 5.91 Å². The molecule has 0 unspecified atom stereocenters. The molecule has 0 saturated carbocycles. The maximum atomic E-state index is 12.0. The van der Waals surface area contributed by atoms with Gasteiger partial charge in [-0.3, -0.25) is 4.79 Å². The van der Waals surface area contributed by atoms with Crippen molar-refractivity contribution in [3.8, 4) is 5.75 Å². The number of aliphatic hydroxyl groups is 1. The normalized spacial score (nSPS) is 11.9. The Morgan fingerprint density at radius 3 is 2.32 bits per heavy atom. The lowest BCUT2D eigenvalue weighted by molar-refractivity contribution is -0.122. The standard InChI is InChI=1S/C18H21NO3/c20-13-16(12-15-6-9-17(21)10-7-15)19-18(22)11-8-14-4-2-1-3-5-14/h1-7,9-10,16,20-21H,8,11-13H2,(H,19,22)/t16-/m0/s1. The minimum absolute atomic E-state index is 0.0679. The number of hydrogen-bond acceptors (Lipinski definition) is 3. The van der Waals surface area contributed by atoms with Crippen molar-refractivity contribution in [3.63, 3.8) is 0 Å². The number of phenolic OH excluding ortho intramolecular Hbond substituents is 1. The first-order valence-corrected chi connectivity index (χ1v) is 7.39. The van der Waals surface area contributed by atoms with Crippen molar-refractivity contribution >= 4 is 5.91 Å². The molecule has 0 fully saturated rings. The van der Waals surface area contributed by atoms with Gasteiger partial charge in [-0.1, -0.05) is 42.5 Å². The van der Waals surface area contributed by atoms with Gasteiger partial charge in [-0.05, 0) is 36.1 Å². The lowest BCUT2D eigenvalue weighted by Gasteiger charge is -2.16. The van der Waals surface area contributed by atoms with Crippen LogP contribution >= 0.6 is 0 Å². The Hall–Kier alpha value is -2.33. The van der Waals surface area contributed by atoms with Crippen molar-refractivity contribution in [2.24, 2.45) is 0 Å². The third kappa shape index (κ3) is 5.22. The van der Waals surface area contributed by atoms with Crippen LogP contribution in [0.15, 0.2) is 54.6 Å². The number of benzene rings is 2. The molecule has 2 aromatic carbocycles. The van der Waals surface area contributed by atoms with E-state index in [0.717, 1.165) is 11.1 Å². The number of aliphatic hydroxyl groups excluding tert-OH is 1. The fourth-order valence-electron chi connectivity index (χ4n) is 2.28. The van der Waals surface area contributed by atoms with Gasteiger partial charge in [0.25, 0.3) is 0 Å². The van der Waals surface area contributed by atoms with Crippen LogP contribution in [0.4, 0.5) is 0 Å². The van der Waals surface area contributed by atoms with E-state index in [1.54, 1.807) is 24.3 Å². The van der Waals surface area contributed by atoms with E-state index in [9.17, 15) is 15.0 Å². The van der Waals surface area contributed by atoms with Gasteiger partial charge >= 0.3 is 0 Å². The van der Waals surface area contributed by atoms with Crippen LogP contribution in [0.2, 0.25) is 0 Å². The summed E-state index contributed by atoms with van der Waals surface area (Å²) in [5, 5.41) is 21.5. The summed E-state index contributed by atoms with van der Waals surface area (Å²) >= 11 is 0. The number of carbonyl (C=O) groups is 1. The highest BCUT2D eigenvalue weighted by Gasteiger charge is 2.12. The van der Waals surface area contributed by atoms with Crippen molar-refractivity contribution in [2.45, 2.75) is 25.3 Å². The fraction of sp³-hybridized carbons (Fsp3) is 0.278. The molecule has 3 N–H and O–H groups in total. The van der Waals surface area contributed by atoms with Crippen molar-refractivity contribution in [2.75, 3.05) is 6.61 Å². The second-order valence-electron chi connectivity index (χ2n) is 5.30. The largest absolute Gasteiger partial charge is 0.508 e. The number of aryl methyl sites for hydroxylation is 1. The van der Waals surface area contributed by atoms with Gasteiger partial charge in [0.15, 0.2) is 0 Å². The summed E-state index contributed by atoms with van der Waals surface area (Å²) in [6.45, 7) is -0.113. The maximum absolute atomic E-state index is 12.0. The quantitative estimate of drug-likeness (QED) is 0.733. The molecule has 116 valence electrons. The summed E-state index contributed by atoms with van der Waals surface area (Å²) < 4.78 is 0. The zero-order valence-electron chi connectivity index (χ0n) is 12.4. The molecule has 2 rings (SSSR count). The van der Waals surface area contributed by atoms with Gasteiger partial charge in [-0.15, -0.1) is 0 Å². The molecule has 1 atom stereocenters. The summed E-state index contributed by atoms with van der Waals surface area (Å²) in [4.78, 5) is 12.0. The average Bonchev–Trinajstić information content (AvgIpc) is 2.55. The molecule has 0 aliphatic rings. The van der Waals surface area contributed by atoms with E-state index in [0.29, 0.717) is 19.3 Å². The van der Waals surface area contributed by atoms with E-state index in [4.69, 9.17) is 0 Å². The highest BCUT2D eigenvalue weighted by Crippen LogP contribution is 2.11. The molecule has 4 heteroatoms. The summed E-state index contributed by atoms with van der Waals surface area (Å²) in [5.41, 5.74) is 2.08. The number of aromatic hydroxyl groups is 1. The minimum atomic E-state index is -0.312. The summed E-state index contributed by atoms with van der Waals surface area (Å²) in [6, 6.07) is 16.3. The molecule has 4 nitrogen and oxygen atoms in total. The van der Waals surface area contributed by atoms with E-state index in [1.807, 2.05) is 30.3 Å². The zero-order valence-corrected chi connectivity index (χ0v) is 12.4. The highest BCUT2D eigenvalue weighted by atomic mass is 16.3. The summed E-state index contributed by atoms with van der Waals surface area (Å²) in [7, 11) is 0. The van der Waals surface area contributed by atoms with E-state index in [2.05, 4.69) is 5.32 Å². The molecule has 0 bridgehead atoms. The van der Waals surface area contributed by atoms with Gasteiger partial charge in [0, 0.05) is 6.42 Å². The predicted molar refractivity (Wildman–Crippen MR) is 85.6 cm³/mol. The number of rotatable bonds is 7. The summed E-state index contributed by atoms with van der Waals surface area (Å²) in [5.74, 6) is 0.137. The molecule has 0 saturated heterocycles. The van der Waals surface area contributed by atoms with Crippen LogP contribution < -0.4 is 5.32 Å². The smallest absolute Gasteiger partial charge is 0.220 e. The Balaban J connectivity index is 1.81. The average molecular weight is 299 g/mol. The molecular weight excluding hydrogens is 278 g/mol. The summed E-state index contributed by atoms with van der Waals surface area (Å²) in [6.07, 6.45) is 1.62. The van der Waals surface area contributed by atoms with Gasteiger partial charge < -0.3 is 15.5 Å². The van der Waals surface area contributed by atoms with Gasteiger partial charge in [-0.2, -0.15) is 0 Å². The first kappa shape index (κ1) is 16.0. The fourth-order valence-corrected chi connectivity index (χ4v) is 2.28. The third-order valence-electron chi connectivity index (χ3n) is 3.49. The first-order valence-electron chi connectivity index (χ1n) is 7.39. The van der Waals surface area contributed by atoms with Crippen molar-refractivity contribution < 1.29 is 15.0 Å². The molecule has 1 amide bonds. The van der Waals surface area contributed by atoms with Crippen molar-refractivity contribution in [1.29, 1.82) is 0 Å². The monoisotopic (exact) mass is 299 g/mol. The number of carbonyl (C=O) groups excluding carboxylic acids is 1. The predicted octanol–water partition coefficient (Wildman–Crippen LogP) is 2.04. The van der Waals surface area contributed by atoms with Gasteiger partial charge in [0.05, 0.1) is 12.6 Å². The van der Waals surface area contributed by atoms with Gasteiger partial charge in [0.1, 0.15) is 5.75 Å². The Labute approximate surface area is 130 Å². The lowest BCUT2D eigenvalue weighted by atomic mass is 10.1. The molecule has 22 heavy (non-hydrogen) atoms. The van der Waals surface area contributed by atoms with Crippen molar-refractivity contribution in [1.82, 2.24) is 5.32 Å². The van der Waals surface area contributed by atoms with Gasteiger partial charge in [-0.25, -0.2) is 0 Å². The second-order valence-corrected chi connectivity index (χ2v) is 5.30. The Kier molecular flexibility index (Phi) is 5.98. The first-order chi connectivity index (χ1) is 10.7. The number of phenols is 1. The van der Waals surface area contributed by atoms with Crippen LogP contribution in [0, 0.1) is 0 Å². The number of hydrogen-bond donors (Lipinski definition) is 3. The van der Waals surface area contributed by atoms with Crippen LogP contribution in [0.3, 0.4) is 0 Å². The van der Waals surface area contributed by atoms with Crippen molar-refractivity contribution in [3.05, 3.63) is 65.7 Å². The Morgan fingerprint density at radius 1 is 1.00 bits per heavy atom. The maximum Gasteiger partial charge on any atom is 0.220 e. The zero-order chi connectivity index (χ0) is 15.8. The number of nitrogens with one attached hydrogen (secondary N) is 1. The number of amides is 1. The van der Waals surface area contributed by atoms with E-state index in [-0.39, 0.29) is 24.3 Å². The SMILES string of the molecule is O=C(CCc1ccccc1)N[C@H](CO)Cc1ccc(O)cc1. The van der Waals surface area contributed by atoms with Crippen LogP contribution in [0.25, 0.3) is 0 Å². The highest BCUT2D eigenvalue weighted by molar-refractivity contribution is 5.76. The molecule has 0 heterocycles. The molecule has 2 aromatic rings. The molecule has 0 spiro atoms. The molecule has 0 radical (unpaired) electrons. The van der Waals surface area contributed by atoms with Crippen LogP contribution in [0.5, 0.6) is 5.75 Å².